The second-order valence-electron chi connectivity index (χ2n) is 4.27. The van der Waals surface area contributed by atoms with Crippen LogP contribution in [0, 0.1) is 0 Å². The van der Waals surface area contributed by atoms with Gasteiger partial charge in [0.05, 0.1) is 13.5 Å². The van der Waals surface area contributed by atoms with Crippen LogP contribution in [-0.2, 0) is 22.5 Å². The zero-order valence-corrected chi connectivity index (χ0v) is 10.9. The van der Waals surface area contributed by atoms with E-state index in [2.05, 4.69) is 0 Å². The third kappa shape index (κ3) is 3.01. The van der Waals surface area contributed by atoms with E-state index >= 15 is 0 Å². The van der Waals surface area contributed by atoms with Gasteiger partial charge in [-0.15, -0.1) is 0 Å². The predicted octanol–water partition coefficient (Wildman–Crippen LogP) is 2.53. The second kappa shape index (κ2) is 6.16. The molecule has 0 saturated carbocycles. The van der Waals surface area contributed by atoms with Crippen molar-refractivity contribution < 1.29 is 9.53 Å². The molecule has 0 aliphatic heterocycles. The molecule has 2 N–H and O–H groups in total. The average Bonchev–Trinajstić information content (AvgIpc) is 2.47. The minimum absolute atomic E-state index is 0.238. The molecule has 2 rings (SSSR count). The van der Waals surface area contributed by atoms with Crippen LogP contribution < -0.4 is 5.73 Å². The van der Waals surface area contributed by atoms with Gasteiger partial charge in [-0.3, -0.25) is 4.79 Å². The van der Waals surface area contributed by atoms with E-state index in [0.717, 1.165) is 22.3 Å². The van der Waals surface area contributed by atoms with Crippen LogP contribution in [0.2, 0.25) is 0 Å². The van der Waals surface area contributed by atoms with Gasteiger partial charge in [0.2, 0.25) is 0 Å². The molecular weight excluding hydrogens is 238 g/mol. The predicted molar refractivity (Wildman–Crippen MR) is 75.5 cm³/mol. The summed E-state index contributed by atoms with van der Waals surface area (Å²) in [5, 5.41) is 0. The molecule has 0 unspecified atom stereocenters. The van der Waals surface area contributed by atoms with Gasteiger partial charge in [0.25, 0.3) is 0 Å². The zero-order valence-electron chi connectivity index (χ0n) is 10.9. The SMILES string of the molecule is COC(=O)Cc1ccccc1-c1ccccc1CN. The van der Waals surface area contributed by atoms with Gasteiger partial charge < -0.3 is 10.5 Å². The molecule has 0 atom stereocenters. The Hall–Kier alpha value is -2.13. The van der Waals surface area contributed by atoms with Crippen LogP contribution in [0.1, 0.15) is 11.1 Å². The molecule has 0 bridgehead atoms. The molecule has 0 amide bonds. The third-order valence-corrected chi connectivity index (χ3v) is 3.11. The number of methoxy groups -OCH3 is 1. The molecule has 2 aromatic rings. The number of carbonyl (C=O) groups is 1. The molecular formula is C16H17NO2. The Balaban J connectivity index is 2.47. The highest BCUT2D eigenvalue weighted by Crippen LogP contribution is 2.27. The van der Waals surface area contributed by atoms with Crippen molar-refractivity contribution in [2.45, 2.75) is 13.0 Å². The lowest BCUT2D eigenvalue weighted by Gasteiger charge is -2.12. The van der Waals surface area contributed by atoms with Crippen LogP contribution in [0.15, 0.2) is 48.5 Å². The summed E-state index contributed by atoms with van der Waals surface area (Å²) in [4.78, 5) is 11.5. The summed E-state index contributed by atoms with van der Waals surface area (Å²) in [5.41, 5.74) is 9.91. The van der Waals surface area contributed by atoms with Gasteiger partial charge in [0.1, 0.15) is 0 Å². The molecule has 2 aromatic carbocycles. The maximum Gasteiger partial charge on any atom is 0.309 e. The lowest BCUT2D eigenvalue weighted by molar-refractivity contribution is -0.139. The normalized spacial score (nSPS) is 10.2. The van der Waals surface area contributed by atoms with Gasteiger partial charge in [-0.05, 0) is 22.3 Å². The van der Waals surface area contributed by atoms with E-state index in [4.69, 9.17) is 10.5 Å². The van der Waals surface area contributed by atoms with Crippen LogP contribution in [0.25, 0.3) is 11.1 Å². The second-order valence-corrected chi connectivity index (χ2v) is 4.27. The average molecular weight is 255 g/mol. The molecule has 0 saturated heterocycles. The first kappa shape index (κ1) is 13.3. The van der Waals surface area contributed by atoms with E-state index in [-0.39, 0.29) is 12.4 Å². The number of benzene rings is 2. The first-order valence-corrected chi connectivity index (χ1v) is 6.19. The Morgan fingerprint density at radius 1 is 1.00 bits per heavy atom. The summed E-state index contributed by atoms with van der Waals surface area (Å²) >= 11 is 0. The topological polar surface area (TPSA) is 52.3 Å². The highest BCUT2D eigenvalue weighted by Gasteiger charge is 2.11. The molecule has 0 aliphatic rings. The summed E-state index contributed by atoms with van der Waals surface area (Å²) in [6.45, 7) is 0.475. The molecule has 98 valence electrons. The lowest BCUT2D eigenvalue weighted by atomic mass is 9.94. The van der Waals surface area contributed by atoms with Crippen LogP contribution in [0.4, 0.5) is 0 Å². The summed E-state index contributed by atoms with van der Waals surface area (Å²) in [5.74, 6) is -0.238. The fraction of sp³-hybridized carbons (Fsp3) is 0.188. The summed E-state index contributed by atoms with van der Waals surface area (Å²) < 4.78 is 4.74. The van der Waals surface area contributed by atoms with Crippen LogP contribution in [-0.4, -0.2) is 13.1 Å². The van der Waals surface area contributed by atoms with Gasteiger partial charge >= 0.3 is 5.97 Å². The first-order valence-electron chi connectivity index (χ1n) is 6.19. The Kier molecular flexibility index (Phi) is 4.31. The van der Waals surface area contributed by atoms with Crippen molar-refractivity contribution in [2.75, 3.05) is 7.11 Å². The summed E-state index contributed by atoms with van der Waals surface area (Å²) in [6.07, 6.45) is 0.269. The van der Waals surface area contributed by atoms with Crippen molar-refractivity contribution in [3.8, 4) is 11.1 Å². The van der Waals surface area contributed by atoms with Crippen LogP contribution in [0.3, 0.4) is 0 Å². The maximum atomic E-state index is 11.5. The number of hydrogen-bond donors (Lipinski definition) is 1. The molecule has 0 spiro atoms. The van der Waals surface area contributed by atoms with Crippen molar-refractivity contribution in [1.29, 1.82) is 0 Å². The van der Waals surface area contributed by atoms with E-state index in [1.165, 1.54) is 7.11 Å². The molecule has 0 aliphatic carbocycles. The Labute approximate surface area is 113 Å². The van der Waals surface area contributed by atoms with Crippen LogP contribution >= 0.6 is 0 Å². The molecule has 19 heavy (non-hydrogen) atoms. The standard InChI is InChI=1S/C16H17NO2/c1-19-16(18)10-12-6-2-4-8-14(12)15-9-5-3-7-13(15)11-17/h2-9H,10-11,17H2,1H3. The molecule has 3 heteroatoms. The number of hydrogen-bond acceptors (Lipinski definition) is 3. The van der Waals surface area contributed by atoms with Crippen molar-refractivity contribution in [1.82, 2.24) is 0 Å². The van der Waals surface area contributed by atoms with Gasteiger partial charge in [-0.25, -0.2) is 0 Å². The molecule has 0 aromatic heterocycles. The smallest absolute Gasteiger partial charge is 0.309 e. The van der Waals surface area contributed by atoms with Gasteiger partial charge in [-0.2, -0.15) is 0 Å². The Morgan fingerprint density at radius 3 is 2.11 bits per heavy atom. The monoisotopic (exact) mass is 255 g/mol. The Bertz CT molecular complexity index is 578. The van der Waals surface area contributed by atoms with Gasteiger partial charge in [-0.1, -0.05) is 48.5 Å². The highest BCUT2D eigenvalue weighted by atomic mass is 16.5. The summed E-state index contributed by atoms with van der Waals surface area (Å²) in [7, 11) is 1.40. The van der Waals surface area contributed by atoms with E-state index in [1.54, 1.807) is 0 Å². The molecule has 0 radical (unpaired) electrons. The fourth-order valence-corrected chi connectivity index (χ4v) is 2.13. The molecule has 0 fully saturated rings. The number of nitrogens with two attached hydrogens (primary N) is 1. The van der Waals surface area contributed by atoms with E-state index in [9.17, 15) is 4.79 Å². The number of ether oxygens (including phenoxy) is 1. The molecule has 0 heterocycles. The Morgan fingerprint density at radius 2 is 1.53 bits per heavy atom. The van der Waals surface area contributed by atoms with E-state index in [1.807, 2.05) is 48.5 Å². The zero-order chi connectivity index (χ0) is 13.7. The van der Waals surface area contributed by atoms with E-state index in [0.29, 0.717) is 6.54 Å². The van der Waals surface area contributed by atoms with Crippen molar-refractivity contribution >= 4 is 5.97 Å². The quantitative estimate of drug-likeness (QED) is 0.854. The van der Waals surface area contributed by atoms with Crippen molar-refractivity contribution in [3.05, 3.63) is 59.7 Å². The minimum atomic E-state index is -0.238. The van der Waals surface area contributed by atoms with Crippen molar-refractivity contribution in [3.63, 3.8) is 0 Å². The number of carbonyl (C=O) groups excluding carboxylic acids is 1. The number of rotatable bonds is 4. The largest absolute Gasteiger partial charge is 0.469 e. The minimum Gasteiger partial charge on any atom is -0.469 e. The first-order chi connectivity index (χ1) is 9.26. The highest BCUT2D eigenvalue weighted by molar-refractivity contribution is 5.78. The lowest BCUT2D eigenvalue weighted by Crippen LogP contribution is -2.06. The third-order valence-electron chi connectivity index (χ3n) is 3.11. The molecule has 3 nitrogen and oxygen atoms in total. The fourth-order valence-electron chi connectivity index (χ4n) is 2.13. The van der Waals surface area contributed by atoms with Crippen LogP contribution in [0.5, 0.6) is 0 Å². The van der Waals surface area contributed by atoms with Crippen molar-refractivity contribution in [2.24, 2.45) is 5.73 Å². The maximum absolute atomic E-state index is 11.5. The van der Waals surface area contributed by atoms with Gasteiger partial charge in [0, 0.05) is 6.54 Å². The number of esters is 1. The van der Waals surface area contributed by atoms with Gasteiger partial charge in [0.15, 0.2) is 0 Å². The van der Waals surface area contributed by atoms with E-state index < -0.39 is 0 Å². The summed E-state index contributed by atoms with van der Waals surface area (Å²) in [6, 6.07) is 15.8.